The van der Waals surface area contributed by atoms with E-state index in [0.717, 1.165) is 6.42 Å². The van der Waals surface area contributed by atoms with E-state index >= 15 is 0 Å². The van der Waals surface area contributed by atoms with Crippen LogP contribution >= 0.6 is 7.82 Å². The number of nitrogens with one attached hydrogen (secondary N) is 1. The Morgan fingerprint density at radius 1 is 1.17 bits per heavy atom. The van der Waals surface area contributed by atoms with Gasteiger partial charge in [0.1, 0.15) is 0 Å². The molecule has 0 saturated carbocycles. The number of phosphoric acid groups is 1. The molecule has 0 aromatic rings. The van der Waals surface area contributed by atoms with Crippen LogP contribution in [0.25, 0.3) is 0 Å². The molecule has 6 heteroatoms. The zero-order valence-corrected chi connectivity index (χ0v) is 12.7. The average molecular weight is 281 g/mol. The number of rotatable bonds is 11. The Labute approximate surface area is 111 Å². The maximum atomic E-state index is 10.5. The zero-order chi connectivity index (χ0) is 14.1. The van der Waals surface area contributed by atoms with E-state index in [1.54, 1.807) is 0 Å². The van der Waals surface area contributed by atoms with Gasteiger partial charge in [-0.25, -0.2) is 4.57 Å². The van der Waals surface area contributed by atoms with Crippen molar-refractivity contribution < 1.29 is 18.9 Å². The highest BCUT2D eigenvalue weighted by atomic mass is 31.2. The average Bonchev–Trinajstić information content (AvgIpc) is 2.23. The first-order valence-electron chi connectivity index (χ1n) is 6.72. The number of hydrogen-bond donors (Lipinski definition) is 3. The summed E-state index contributed by atoms with van der Waals surface area (Å²) < 4.78 is 14.9. The van der Waals surface area contributed by atoms with E-state index in [-0.39, 0.29) is 12.1 Å². The lowest BCUT2D eigenvalue weighted by Gasteiger charge is -2.26. The van der Waals surface area contributed by atoms with Crippen LogP contribution < -0.4 is 5.32 Å². The van der Waals surface area contributed by atoms with Gasteiger partial charge in [0.05, 0.1) is 6.61 Å². The molecule has 0 aromatic heterocycles. The second kappa shape index (κ2) is 9.05. The van der Waals surface area contributed by atoms with Crippen LogP contribution in [0, 0.1) is 0 Å². The Bertz CT molecular complexity index is 252. The highest BCUT2D eigenvalue weighted by Crippen LogP contribution is 2.35. The fraction of sp³-hybridized carbons (Fsp3) is 1.00. The molecule has 110 valence electrons. The molecule has 0 rings (SSSR count). The molecule has 0 aliphatic heterocycles. The van der Waals surface area contributed by atoms with Crippen molar-refractivity contribution in [1.29, 1.82) is 0 Å². The van der Waals surface area contributed by atoms with Gasteiger partial charge < -0.3 is 15.1 Å². The molecule has 0 spiro atoms. The first kappa shape index (κ1) is 18.1. The predicted molar refractivity (Wildman–Crippen MR) is 73.5 cm³/mol. The van der Waals surface area contributed by atoms with Crippen LogP contribution in [0.3, 0.4) is 0 Å². The molecule has 0 amide bonds. The van der Waals surface area contributed by atoms with Crippen molar-refractivity contribution in [2.75, 3.05) is 13.2 Å². The van der Waals surface area contributed by atoms with Gasteiger partial charge in [0, 0.05) is 12.1 Å². The second-order valence-electron chi connectivity index (χ2n) is 5.30. The van der Waals surface area contributed by atoms with Crippen molar-refractivity contribution in [1.82, 2.24) is 5.32 Å². The molecule has 0 fully saturated rings. The fourth-order valence-electron chi connectivity index (χ4n) is 1.81. The minimum absolute atomic E-state index is 0.00945. The first-order valence-corrected chi connectivity index (χ1v) is 8.25. The predicted octanol–water partition coefficient (Wildman–Crippen LogP) is 2.82. The highest BCUT2D eigenvalue weighted by Gasteiger charge is 2.17. The third-order valence-electron chi connectivity index (χ3n) is 2.87. The summed E-state index contributed by atoms with van der Waals surface area (Å²) in [4.78, 5) is 17.1. The van der Waals surface area contributed by atoms with Gasteiger partial charge in [-0.05, 0) is 20.3 Å². The number of hydrogen-bond acceptors (Lipinski definition) is 3. The van der Waals surface area contributed by atoms with Gasteiger partial charge in [-0.2, -0.15) is 0 Å². The Morgan fingerprint density at radius 3 is 2.33 bits per heavy atom. The maximum Gasteiger partial charge on any atom is 0.469 e. The molecule has 3 N–H and O–H groups in total. The maximum absolute atomic E-state index is 10.5. The van der Waals surface area contributed by atoms with Crippen LogP contribution in [-0.2, 0) is 9.09 Å². The van der Waals surface area contributed by atoms with Gasteiger partial charge in [0.15, 0.2) is 0 Å². The Hall–Kier alpha value is 0.0700. The summed E-state index contributed by atoms with van der Waals surface area (Å²) in [6.07, 6.45) is 7.32. The Balaban J connectivity index is 3.57. The van der Waals surface area contributed by atoms with E-state index < -0.39 is 7.82 Å². The van der Waals surface area contributed by atoms with Crippen LogP contribution in [0.4, 0.5) is 0 Å². The second-order valence-corrected chi connectivity index (χ2v) is 6.54. The van der Waals surface area contributed by atoms with Crippen molar-refractivity contribution in [2.24, 2.45) is 0 Å². The summed E-state index contributed by atoms with van der Waals surface area (Å²) in [5, 5.41) is 3.25. The minimum atomic E-state index is -4.32. The van der Waals surface area contributed by atoms with Gasteiger partial charge in [-0.3, -0.25) is 4.52 Å². The molecule has 0 aliphatic carbocycles. The van der Waals surface area contributed by atoms with E-state index in [1.807, 2.05) is 0 Å². The molecule has 18 heavy (non-hydrogen) atoms. The van der Waals surface area contributed by atoms with E-state index in [1.165, 1.54) is 32.1 Å². The molecule has 5 nitrogen and oxygen atoms in total. The molecule has 0 atom stereocenters. The normalized spacial score (nSPS) is 12.9. The molecule has 0 aromatic carbocycles. The van der Waals surface area contributed by atoms with Crippen molar-refractivity contribution in [3.05, 3.63) is 0 Å². The Morgan fingerprint density at radius 2 is 1.78 bits per heavy atom. The van der Waals surface area contributed by atoms with Crippen LogP contribution in [0.1, 0.15) is 59.3 Å². The summed E-state index contributed by atoms with van der Waals surface area (Å²) in [6.45, 7) is 6.89. The molecular weight excluding hydrogens is 253 g/mol. The van der Waals surface area contributed by atoms with Crippen LogP contribution in [0.5, 0.6) is 0 Å². The van der Waals surface area contributed by atoms with Gasteiger partial charge >= 0.3 is 7.82 Å². The summed E-state index contributed by atoms with van der Waals surface area (Å²) >= 11 is 0. The van der Waals surface area contributed by atoms with Crippen molar-refractivity contribution in [3.8, 4) is 0 Å². The Kier molecular flexibility index (Phi) is 9.09. The topological polar surface area (TPSA) is 78.8 Å². The van der Waals surface area contributed by atoms with Gasteiger partial charge in [-0.1, -0.05) is 39.0 Å². The molecule has 0 aliphatic rings. The lowest BCUT2D eigenvalue weighted by molar-refractivity contribution is 0.189. The van der Waals surface area contributed by atoms with Gasteiger partial charge in [0.25, 0.3) is 0 Å². The van der Waals surface area contributed by atoms with E-state index in [4.69, 9.17) is 9.79 Å². The molecule has 0 bridgehead atoms. The fourth-order valence-corrected chi connectivity index (χ4v) is 2.14. The lowest BCUT2D eigenvalue weighted by atomic mass is 9.96. The zero-order valence-electron chi connectivity index (χ0n) is 11.8. The molecular formula is C12H28NO4P. The first-order chi connectivity index (χ1) is 8.27. The number of unbranched alkanes of at least 4 members (excludes halogenated alkanes) is 4. The monoisotopic (exact) mass is 281 g/mol. The smallest absolute Gasteiger partial charge is 0.309 e. The summed E-state index contributed by atoms with van der Waals surface area (Å²) in [7, 11) is -4.32. The van der Waals surface area contributed by atoms with Gasteiger partial charge in [0.2, 0.25) is 0 Å². The molecule has 0 radical (unpaired) electrons. The van der Waals surface area contributed by atoms with E-state index in [0.29, 0.717) is 6.54 Å². The van der Waals surface area contributed by atoms with Crippen molar-refractivity contribution in [2.45, 2.75) is 64.8 Å². The summed E-state index contributed by atoms with van der Waals surface area (Å²) in [5.74, 6) is 0. The van der Waals surface area contributed by atoms with Crippen molar-refractivity contribution >= 4 is 7.82 Å². The molecule has 0 saturated heterocycles. The van der Waals surface area contributed by atoms with Gasteiger partial charge in [-0.15, -0.1) is 0 Å². The number of phosphoric ester groups is 1. The van der Waals surface area contributed by atoms with Crippen LogP contribution in [-0.4, -0.2) is 28.5 Å². The summed E-state index contributed by atoms with van der Waals surface area (Å²) in [5.41, 5.74) is -0.00945. The van der Waals surface area contributed by atoms with Crippen LogP contribution in [0.15, 0.2) is 0 Å². The molecule has 0 heterocycles. The SMILES string of the molecule is CCCCCCCC(C)(C)NCCOP(=O)(O)O. The third-order valence-corrected chi connectivity index (χ3v) is 3.39. The van der Waals surface area contributed by atoms with E-state index in [2.05, 4.69) is 30.6 Å². The standard InChI is InChI=1S/C12H28NO4P/c1-4-5-6-7-8-9-12(2,3)13-10-11-17-18(14,15)16/h13H,4-11H2,1-3H3,(H2,14,15,16). The summed E-state index contributed by atoms with van der Waals surface area (Å²) in [6, 6.07) is 0. The van der Waals surface area contributed by atoms with Crippen molar-refractivity contribution in [3.63, 3.8) is 0 Å². The lowest BCUT2D eigenvalue weighted by Crippen LogP contribution is -2.40. The largest absolute Gasteiger partial charge is 0.469 e. The van der Waals surface area contributed by atoms with Crippen LogP contribution in [0.2, 0.25) is 0 Å². The quantitative estimate of drug-likeness (QED) is 0.401. The highest BCUT2D eigenvalue weighted by molar-refractivity contribution is 7.46. The molecule has 0 unspecified atom stereocenters. The van der Waals surface area contributed by atoms with E-state index in [9.17, 15) is 4.57 Å². The third kappa shape index (κ3) is 12.5. The minimum Gasteiger partial charge on any atom is -0.309 e.